The van der Waals surface area contributed by atoms with Crippen molar-refractivity contribution in [3.8, 4) is 0 Å². The van der Waals surface area contributed by atoms with E-state index in [0.29, 0.717) is 6.04 Å². The number of aromatic nitrogens is 2. The molecule has 1 aliphatic carbocycles. The van der Waals surface area contributed by atoms with Crippen LogP contribution in [0.5, 0.6) is 0 Å². The summed E-state index contributed by atoms with van der Waals surface area (Å²) in [4.78, 5) is 8.12. The zero-order chi connectivity index (χ0) is 9.10. The Hall–Kier alpha value is -1.45. The van der Waals surface area contributed by atoms with Crippen molar-refractivity contribution in [3.05, 3.63) is 24.3 Å². The maximum atomic E-state index is 4.22. The van der Waals surface area contributed by atoms with Crippen LogP contribution < -0.4 is 5.43 Å². The Labute approximate surface area is 77.1 Å². The van der Waals surface area contributed by atoms with Crippen LogP contribution in [0.3, 0.4) is 0 Å². The maximum absolute atomic E-state index is 4.22. The SMILES string of the molecule is C/C(=N/NC1CC1)c1cnccn1. The maximum Gasteiger partial charge on any atom is 0.104 e. The van der Waals surface area contributed by atoms with Crippen molar-refractivity contribution in [2.24, 2.45) is 5.10 Å². The quantitative estimate of drug-likeness (QED) is 0.551. The van der Waals surface area contributed by atoms with Gasteiger partial charge in [0.05, 0.1) is 11.9 Å². The highest BCUT2D eigenvalue weighted by molar-refractivity contribution is 5.96. The summed E-state index contributed by atoms with van der Waals surface area (Å²) in [5.41, 5.74) is 4.79. The molecule has 1 aromatic heterocycles. The van der Waals surface area contributed by atoms with E-state index in [2.05, 4.69) is 20.5 Å². The van der Waals surface area contributed by atoms with Crippen molar-refractivity contribution in [1.29, 1.82) is 0 Å². The van der Waals surface area contributed by atoms with Gasteiger partial charge in [0.15, 0.2) is 0 Å². The van der Waals surface area contributed by atoms with Crippen molar-refractivity contribution in [1.82, 2.24) is 15.4 Å². The Kier molecular flexibility index (Phi) is 2.21. The molecule has 1 heterocycles. The van der Waals surface area contributed by atoms with Crippen molar-refractivity contribution < 1.29 is 0 Å². The molecule has 0 saturated heterocycles. The van der Waals surface area contributed by atoms with Gasteiger partial charge in [0.25, 0.3) is 0 Å². The number of rotatable bonds is 3. The summed E-state index contributed by atoms with van der Waals surface area (Å²) in [6, 6.07) is 0.589. The second-order valence-corrected chi connectivity index (χ2v) is 3.19. The molecule has 0 aromatic carbocycles. The number of nitrogens with zero attached hydrogens (tertiary/aromatic N) is 3. The fourth-order valence-electron chi connectivity index (χ4n) is 0.944. The summed E-state index contributed by atoms with van der Waals surface area (Å²) in [5, 5.41) is 4.22. The average Bonchev–Trinajstić information content (AvgIpc) is 2.99. The van der Waals surface area contributed by atoms with Gasteiger partial charge in [0, 0.05) is 18.4 Å². The molecule has 0 spiro atoms. The second-order valence-electron chi connectivity index (χ2n) is 3.19. The predicted octanol–water partition coefficient (Wildman–Crippen LogP) is 0.953. The van der Waals surface area contributed by atoms with Crippen LogP contribution in [-0.4, -0.2) is 21.7 Å². The van der Waals surface area contributed by atoms with Crippen LogP contribution in [0.15, 0.2) is 23.7 Å². The van der Waals surface area contributed by atoms with E-state index in [4.69, 9.17) is 0 Å². The third-order valence-electron chi connectivity index (χ3n) is 1.93. The number of hydrogen-bond donors (Lipinski definition) is 1. The van der Waals surface area contributed by atoms with Crippen LogP contribution in [0.4, 0.5) is 0 Å². The Morgan fingerprint density at radius 3 is 3.00 bits per heavy atom. The molecule has 0 atom stereocenters. The van der Waals surface area contributed by atoms with Gasteiger partial charge in [-0.25, -0.2) is 0 Å². The molecule has 13 heavy (non-hydrogen) atoms. The first-order valence-corrected chi connectivity index (χ1v) is 4.42. The summed E-state index contributed by atoms with van der Waals surface area (Å²) >= 11 is 0. The van der Waals surface area contributed by atoms with Gasteiger partial charge in [-0.3, -0.25) is 9.97 Å². The molecule has 68 valence electrons. The molecule has 1 aromatic rings. The summed E-state index contributed by atoms with van der Waals surface area (Å²) in [7, 11) is 0. The minimum Gasteiger partial charge on any atom is -0.307 e. The third kappa shape index (κ3) is 2.24. The molecule has 0 aliphatic heterocycles. The zero-order valence-electron chi connectivity index (χ0n) is 7.57. The standard InChI is InChI=1S/C9H12N4/c1-7(12-13-8-2-3-8)9-6-10-4-5-11-9/h4-6,8,13H,2-3H2,1H3/b12-7-. The van der Waals surface area contributed by atoms with Crippen LogP contribution in [0, 0.1) is 0 Å². The van der Waals surface area contributed by atoms with E-state index in [1.54, 1.807) is 18.6 Å². The lowest BCUT2D eigenvalue weighted by Crippen LogP contribution is -2.12. The molecule has 0 bridgehead atoms. The Morgan fingerprint density at radius 2 is 2.38 bits per heavy atom. The van der Waals surface area contributed by atoms with Gasteiger partial charge in [-0.15, -0.1) is 0 Å². The zero-order valence-corrected chi connectivity index (χ0v) is 7.57. The van der Waals surface area contributed by atoms with Gasteiger partial charge in [-0.2, -0.15) is 5.10 Å². The Morgan fingerprint density at radius 1 is 1.54 bits per heavy atom. The minimum atomic E-state index is 0.589. The van der Waals surface area contributed by atoms with E-state index >= 15 is 0 Å². The van der Waals surface area contributed by atoms with Crippen LogP contribution >= 0.6 is 0 Å². The van der Waals surface area contributed by atoms with Gasteiger partial charge < -0.3 is 5.43 Å². The summed E-state index contributed by atoms with van der Waals surface area (Å²) in [6.45, 7) is 1.93. The van der Waals surface area contributed by atoms with Gasteiger partial charge in [-0.1, -0.05) is 0 Å². The smallest absolute Gasteiger partial charge is 0.104 e. The molecule has 2 rings (SSSR count). The first-order chi connectivity index (χ1) is 6.36. The van der Waals surface area contributed by atoms with E-state index in [1.165, 1.54) is 12.8 Å². The third-order valence-corrected chi connectivity index (χ3v) is 1.93. The van der Waals surface area contributed by atoms with Crippen molar-refractivity contribution in [3.63, 3.8) is 0 Å². The van der Waals surface area contributed by atoms with Crippen LogP contribution in [0.2, 0.25) is 0 Å². The summed E-state index contributed by atoms with van der Waals surface area (Å²) in [6.07, 6.45) is 7.51. The van der Waals surface area contributed by atoms with Crippen molar-refractivity contribution in [2.75, 3.05) is 0 Å². The molecule has 1 fully saturated rings. The first-order valence-electron chi connectivity index (χ1n) is 4.42. The van der Waals surface area contributed by atoms with Gasteiger partial charge in [-0.05, 0) is 19.8 Å². The lowest BCUT2D eigenvalue weighted by atomic mass is 10.3. The number of nitrogens with one attached hydrogen (secondary N) is 1. The fraction of sp³-hybridized carbons (Fsp3) is 0.444. The van der Waals surface area contributed by atoms with Gasteiger partial charge in [0.1, 0.15) is 5.69 Å². The molecule has 1 aliphatic rings. The predicted molar refractivity (Wildman–Crippen MR) is 50.4 cm³/mol. The molecule has 1 saturated carbocycles. The highest BCUT2D eigenvalue weighted by atomic mass is 15.3. The first kappa shape index (κ1) is 8.16. The molecule has 0 radical (unpaired) electrons. The minimum absolute atomic E-state index is 0.589. The van der Waals surface area contributed by atoms with E-state index < -0.39 is 0 Å². The van der Waals surface area contributed by atoms with Crippen molar-refractivity contribution >= 4 is 5.71 Å². The van der Waals surface area contributed by atoms with Crippen LogP contribution in [0.1, 0.15) is 25.5 Å². The Balaban J connectivity index is 2.02. The molecular formula is C9H12N4. The topological polar surface area (TPSA) is 50.2 Å². The van der Waals surface area contributed by atoms with Crippen LogP contribution in [-0.2, 0) is 0 Å². The van der Waals surface area contributed by atoms with Gasteiger partial charge in [0.2, 0.25) is 0 Å². The second kappa shape index (κ2) is 3.51. The van der Waals surface area contributed by atoms with Crippen molar-refractivity contribution in [2.45, 2.75) is 25.8 Å². The fourth-order valence-corrected chi connectivity index (χ4v) is 0.944. The summed E-state index contributed by atoms with van der Waals surface area (Å²) in [5.74, 6) is 0. The normalized spacial score (nSPS) is 17.2. The summed E-state index contributed by atoms with van der Waals surface area (Å²) < 4.78 is 0. The van der Waals surface area contributed by atoms with Crippen LogP contribution in [0.25, 0.3) is 0 Å². The van der Waals surface area contributed by atoms with E-state index in [-0.39, 0.29) is 0 Å². The average molecular weight is 176 g/mol. The van der Waals surface area contributed by atoms with E-state index in [1.807, 2.05) is 6.92 Å². The van der Waals surface area contributed by atoms with Gasteiger partial charge >= 0.3 is 0 Å². The largest absolute Gasteiger partial charge is 0.307 e. The van der Waals surface area contributed by atoms with E-state index in [9.17, 15) is 0 Å². The van der Waals surface area contributed by atoms with E-state index in [0.717, 1.165) is 11.4 Å². The lowest BCUT2D eigenvalue weighted by molar-refractivity contribution is 0.736. The highest BCUT2D eigenvalue weighted by Crippen LogP contribution is 2.18. The number of hydrazone groups is 1. The monoisotopic (exact) mass is 176 g/mol. The molecule has 0 unspecified atom stereocenters. The molecular weight excluding hydrogens is 164 g/mol. The highest BCUT2D eigenvalue weighted by Gasteiger charge is 2.20. The lowest BCUT2D eigenvalue weighted by Gasteiger charge is -1.99. The Bertz CT molecular complexity index is 303. The molecule has 1 N–H and O–H groups in total. The molecule has 4 nitrogen and oxygen atoms in total. The molecule has 4 heteroatoms. The number of hydrogen-bond acceptors (Lipinski definition) is 4. The molecule has 0 amide bonds.